The van der Waals surface area contributed by atoms with Crippen molar-refractivity contribution in [2.24, 2.45) is 16.3 Å². The molecule has 2 aliphatic carbocycles. The monoisotopic (exact) mass is 322 g/mol. The van der Waals surface area contributed by atoms with Crippen LogP contribution in [0.2, 0.25) is 0 Å². The number of hydrogen-bond donors (Lipinski definition) is 2. The van der Waals surface area contributed by atoms with E-state index < -0.39 is 5.60 Å². The SMILES string of the molecule is CN=C(NCC1(C2CC2)CC1)NC1CN(C(=O)OC(C)(C)C)C1. The van der Waals surface area contributed by atoms with Crippen molar-refractivity contribution in [3.8, 4) is 0 Å². The number of guanidine groups is 1. The third-order valence-electron chi connectivity index (χ3n) is 5.04. The van der Waals surface area contributed by atoms with Crippen LogP contribution in [-0.4, -0.2) is 55.3 Å². The molecule has 2 N–H and O–H groups in total. The second-order valence-corrected chi connectivity index (χ2v) is 8.29. The molecule has 0 aromatic heterocycles. The molecule has 0 spiro atoms. The Morgan fingerprint density at radius 1 is 1.30 bits per heavy atom. The standard InChI is InChI=1S/C17H30N4O2/c1-16(2,3)23-15(22)21-9-13(10-21)20-14(18-4)19-11-17(7-8-17)12-5-6-12/h12-13H,5-11H2,1-4H3,(H2,18,19,20). The van der Waals surface area contributed by atoms with Crippen molar-refractivity contribution in [1.82, 2.24) is 15.5 Å². The Kier molecular flexibility index (Phi) is 4.19. The Morgan fingerprint density at radius 2 is 1.96 bits per heavy atom. The number of amides is 1. The van der Waals surface area contributed by atoms with Gasteiger partial charge < -0.3 is 20.3 Å². The van der Waals surface area contributed by atoms with Gasteiger partial charge in [-0.3, -0.25) is 4.99 Å². The van der Waals surface area contributed by atoms with E-state index in [1.165, 1.54) is 25.7 Å². The molecule has 0 radical (unpaired) electrons. The van der Waals surface area contributed by atoms with Gasteiger partial charge in [0.25, 0.3) is 0 Å². The van der Waals surface area contributed by atoms with E-state index in [2.05, 4.69) is 15.6 Å². The second kappa shape index (κ2) is 5.87. The Balaban J connectivity index is 1.37. The molecule has 23 heavy (non-hydrogen) atoms. The van der Waals surface area contributed by atoms with E-state index in [0.29, 0.717) is 18.5 Å². The predicted octanol–water partition coefficient (Wildman–Crippen LogP) is 1.96. The van der Waals surface area contributed by atoms with E-state index >= 15 is 0 Å². The number of nitrogens with one attached hydrogen (secondary N) is 2. The number of carbonyl (C=O) groups is 1. The van der Waals surface area contributed by atoms with Gasteiger partial charge in [0.05, 0.1) is 6.04 Å². The Morgan fingerprint density at radius 3 is 2.43 bits per heavy atom. The number of likely N-dealkylation sites (tertiary alicyclic amines) is 1. The van der Waals surface area contributed by atoms with Crippen LogP contribution in [-0.2, 0) is 4.74 Å². The first-order valence-electron chi connectivity index (χ1n) is 8.76. The minimum Gasteiger partial charge on any atom is -0.444 e. The van der Waals surface area contributed by atoms with E-state index in [1.807, 2.05) is 20.8 Å². The lowest BCUT2D eigenvalue weighted by Gasteiger charge is -2.40. The fraction of sp³-hybridized carbons (Fsp3) is 0.882. The molecule has 1 amide bonds. The lowest BCUT2D eigenvalue weighted by Crippen LogP contribution is -2.63. The van der Waals surface area contributed by atoms with Crippen LogP contribution in [0.15, 0.2) is 4.99 Å². The van der Waals surface area contributed by atoms with Crippen molar-refractivity contribution in [2.45, 2.75) is 58.1 Å². The van der Waals surface area contributed by atoms with E-state index in [0.717, 1.165) is 18.4 Å². The number of hydrogen-bond acceptors (Lipinski definition) is 3. The van der Waals surface area contributed by atoms with E-state index in [-0.39, 0.29) is 12.1 Å². The van der Waals surface area contributed by atoms with Crippen LogP contribution in [0.5, 0.6) is 0 Å². The van der Waals surface area contributed by atoms with Gasteiger partial charge in [0.1, 0.15) is 5.60 Å². The maximum absolute atomic E-state index is 11.9. The van der Waals surface area contributed by atoms with Crippen molar-refractivity contribution in [3.63, 3.8) is 0 Å². The van der Waals surface area contributed by atoms with Crippen LogP contribution in [0.3, 0.4) is 0 Å². The maximum atomic E-state index is 11.9. The first-order chi connectivity index (χ1) is 10.8. The molecular formula is C17H30N4O2. The highest BCUT2D eigenvalue weighted by Gasteiger charge is 2.53. The molecule has 0 aromatic carbocycles. The lowest BCUT2D eigenvalue weighted by molar-refractivity contribution is 0.00700. The van der Waals surface area contributed by atoms with E-state index in [9.17, 15) is 4.79 Å². The van der Waals surface area contributed by atoms with E-state index in [4.69, 9.17) is 4.74 Å². The average molecular weight is 322 g/mol. The molecule has 0 bridgehead atoms. The van der Waals surface area contributed by atoms with Gasteiger partial charge in [-0.1, -0.05) is 0 Å². The summed E-state index contributed by atoms with van der Waals surface area (Å²) in [5.41, 5.74) is 0.119. The first-order valence-corrected chi connectivity index (χ1v) is 8.76. The zero-order valence-electron chi connectivity index (χ0n) is 14.8. The van der Waals surface area contributed by atoms with Gasteiger partial charge in [-0.2, -0.15) is 0 Å². The van der Waals surface area contributed by atoms with E-state index in [1.54, 1.807) is 11.9 Å². The third-order valence-corrected chi connectivity index (χ3v) is 5.04. The van der Waals surface area contributed by atoms with Gasteiger partial charge >= 0.3 is 6.09 Å². The number of ether oxygens (including phenoxy) is 1. The molecule has 6 heteroatoms. The van der Waals surface area contributed by atoms with Crippen molar-refractivity contribution >= 4 is 12.1 Å². The molecule has 0 aromatic rings. The first kappa shape index (κ1) is 16.4. The number of nitrogens with zero attached hydrogens (tertiary/aromatic N) is 2. The fourth-order valence-electron chi connectivity index (χ4n) is 3.28. The fourth-order valence-corrected chi connectivity index (χ4v) is 3.28. The van der Waals surface area contributed by atoms with Crippen LogP contribution in [0.1, 0.15) is 46.5 Å². The predicted molar refractivity (Wildman–Crippen MR) is 90.5 cm³/mol. The zero-order valence-corrected chi connectivity index (χ0v) is 14.8. The minimum absolute atomic E-state index is 0.232. The van der Waals surface area contributed by atoms with Gasteiger partial charge in [-0.25, -0.2) is 4.79 Å². The van der Waals surface area contributed by atoms with Crippen molar-refractivity contribution in [2.75, 3.05) is 26.7 Å². The summed E-state index contributed by atoms with van der Waals surface area (Å²) in [6.07, 6.45) is 5.29. The molecule has 1 heterocycles. The highest BCUT2D eigenvalue weighted by molar-refractivity contribution is 5.80. The molecule has 3 rings (SSSR count). The highest BCUT2D eigenvalue weighted by Crippen LogP contribution is 2.60. The van der Waals surface area contributed by atoms with Crippen LogP contribution in [0.25, 0.3) is 0 Å². The molecule has 0 unspecified atom stereocenters. The largest absolute Gasteiger partial charge is 0.444 e. The molecular weight excluding hydrogens is 292 g/mol. The summed E-state index contributed by atoms with van der Waals surface area (Å²) in [4.78, 5) is 18.0. The third kappa shape index (κ3) is 4.09. The van der Waals surface area contributed by atoms with Crippen LogP contribution in [0, 0.1) is 11.3 Å². The molecule has 0 atom stereocenters. The van der Waals surface area contributed by atoms with Crippen molar-refractivity contribution in [1.29, 1.82) is 0 Å². The van der Waals surface area contributed by atoms with Gasteiger partial charge in [-0.15, -0.1) is 0 Å². The number of carbonyl (C=O) groups excluding carboxylic acids is 1. The highest BCUT2D eigenvalue weighted by atomic mass is 16.6. The molecule has 3 aliphatic rings. The molecule has 6 nitrogen and oxygen atoms in total. The zero-order chi connectivity index (χ0) is 16.7. The van der Waals surface area contributed by atoms with Gasteiger partial charge in [0.15, 0.2) is 5.96 Å². The summed E-state index contributed by atoms with van der Waals surface area (Å²) in [5, 5.41) is 6.88. The van der Waals surface area contributed by atoms with Gasteiger partial charge in [0, 0.05) is 26.7 Å². The molecule has 3 fully saturated rings. The number of rotatable bonds is 4. The molecule has 2 saturated carbocycles. The molecule has 1 aliphatic heterocycles. The normalized spacial score (nSPS) is 24.0. The number of aliphatic imine (C=N–C) groups is 1. The summed E-state index contributed by atoms with van der Waals surface area (Å²) >= 11 is 0. The average Bonchev–Trinajstić information content (AvgIpc) is 3.26. The quantitative estimate of drug-likeness (QED) is 0.613. The summed E-state index contributed by atoms with van der Waals surface area (Å²) in [7, 11) is 1.80. The Bertz CT molecular complexity index is 483. The molecule has 1 saturated heterocycles. The van der Waals surface area contributed by atoms with Crippen LogP contribution < -0.4 is 10.6 Å². The van der Waals surface area contributed by atoms with Crippen LogP contribution >= 0.6 is 0 Å². The van der Waals surface area contributed by atoms with Crippen molar-refractivity contribution in [3.05, 3.63) is 0 Å². The Hall–Kier alpha value is -1.46. The van der Waals surface area contributed by atoms with Crippen molar-refractivity contribution < 1.29 is 9.53 Å². The molecule has 130 valence electrons. The summed E-state index contributed by atoms with van der Waals surface area (Å²) in [6.45, 7) is 8.03. The Labute approximate surface area is 139 Å². The lowest BCUT2D eigenvalue weighted by atomic mass is 10.0. The second-order valence-electron chi connectivity index (χ2n) is 8.29. The summed E-state index contributed by atoms with van der Waals surface area (Å²) in [5.74, 6) is 1.80. The minimum atomic E-state index is -0.436. The summed E-state index contributed by atoms with van der Waals surface area (Å²) < 4.78 is 5.37. The smallest absolute Gasteiger partial charge is 0.410 e. The van der Waals surface area contributed by atoms with Crippen LogP contribution in [0.4, 0.5) is 4.79 Å². The summed E-state index contributed by atoms with van der Waals surface area (Å²) in [6, 6.07) is 0.254. The van der Waals surface area contributed by atoms with Gasteiger partial charge in [0.2, 0.25) is 0 Å². The van der Waals surface area contributed by atoms with Gasteiger partial charge in [-0.05, 0) is 57.8 Å². The maximum Gasteiger partial charge on any atom is 0.410 e. The topological polar surface area (TPSA) is 66.0 Å².